The van der Waals surface area contributed by atoms with Gasteiger partial charge >= 0.3 is 0 Å². The molecule has 1 aliphatic heterocycles. The molecule has 0 spiro atoms. The predicted molar refractivity (Wildman–Crippen MR) is 73.0 cm³/mol. The number of phenolic OH excluding ortho intramolecular Hbond substituents is 1. The van der Waals surface area contributed by atoms with Crippen molar-refractivity contribution in [3.8, 4) is 11.5 Å². The first-order valence-corrected chi connectivity index (χ1v) is 6.88. The van der Waals surface area contributed by atoms with Crippen molar-refractivity contribution < 1.29 is 9.84 Å². The normalized spacial score (nSPS) is 18.1. The van der Waals surface area contributed by atoms with Gasteiger partial charge in [-0.2, -0.15) is 0 Å². The third kappa shape index (κ3) is 3.64. The van der Waals surface area contributed by atoms with Gasteiger partial charge in [0, 0.05) is 6.54 Å². The zero-order valence-corrected chi connectivity index (χ0v) is 11.2. The summed E-state index contributed by atoms with van der Waals surface area (Å²) >= 11 is 0. The number of rotatable bonds is 3. The number of hydrogen-bond donors (Lipinski definition) is 1. The Hall–Kier alpha value is -1.22. The first kappa shape index (κ1) is 13.2. The smallest absolute Gasteiger partial charge is 0.160 e. The molecule has 0 saturated carbocycles. The van der Waals surface area contributed by atoms with Gasteiger partial charge in [0.25, 0.3) is 0 Å². The molecular weight excluding hydrogens is 226 g/mol. The van der Waals surface area contributed by atoms with Crippen molar-refractivity contribution in [3.63, 3.8) is 0 Å². The fraction of sp³-hybridized carbons (Fsp3) is 0.600. The second kappa shape index (κ2) is 6.64. The quantitative estimate of drug-likeness (QED) is 0.893. The van der Waals surface area contributed by atoms with Crippen LogP contribution < -0.4 is 4.74 Å². The molecule has 0 radical (unpaired) electrons. The highest BCUT2D eigenvalue weighted by molar-refractivity contribution is 5.41. The second-order valence-electron chi connectivity index (χ2n) is 5.05. The van der Waals surface area contributed by atoms with E-state index >= 15 is 0 Å². The molecule has 0 unspecified atom stereocenters. The van der Waals surface area contributed by atoms with Crippen LogP contribution in [-0.2, 0) is 6.54 Å². The molecule has 3 heteroatoms. The van der Waals surface area contributed by atoms with Gasteiger partial charge in [-0.15, -0.1) is 0 Å². The maximum atomic E-state index is 9.78. The molecule has 100 valence electrons. The monoisotopic (exact) mass is 249 g/mol. The molecule has 0 atom stereocenters. The molecule has 1 fully saturated rings. The van der Waals surface area contributed by atoms with E-state index in [0.29, 0.717) is 5.75 Å². The van der Waals surface area contributed by atoms with E-state index in [9.17, 15) is 5.11 Å². The minimum absolute atomic E-state index is 0.238. The van der Waals surface area contributed by atoms with E-state index in [4.69, 9.17) is 4.74 Å². The van der Waals surface area contributed by atoms with Crippen LogP contribution in [-0.4, -0.2) is 30.2 Å². The summed E-state index contributed by atoms with van der Waals surface area (Å²) in [6.45, 7) is 3.27. The number of benzene rings is 1. The molecule has 3 nitrogen and oxygen atoms in total. The van der Waals surface area contributed by atoms with Crippen LogP contribution >= 0.6 is 0 Å². The maximum absolute atomic E-state index is 9.78. The van der Waals surface area contributed by atoms with E-state index in [2.05, 4.69) is 4.90 Å². The van der Waals surface area contributed by atoms with Gasteiger partial charge in [0.05, 0.1) is 7.11 Å². The predicted octanol–water partition coefficient (Wildman–Crippen LogP) is 3.17. The van der Waals surface area contributed by atoms with Gasteiger partial charge in [0.1, 0.15) is 0 Å². The maximum Gasteiger partial charge on any atom is 0.160 e. The van der Waals surface area contributed by atoms with Crippen molar-refractivity contribution >= 4 is 0 Å². The molecule has 1 aliphatic rings. The standard InChI is InChI=1S/C15H23NO2/c1-18-15-8-7-13(11-14(15)17)12-16-9-5-3-2-4-6-10-16/h7-8,11,17H,2-6,9-10,12H2,1H3. The highest BCUT2D eigenvalue weighted by atomic mass is 16.5. The average Bonchev–Trinajstić information content (AvgIpc) is 2.33. The minimum atomic E-state index is 0.238. The molecule has 18 heavy (non-hydrogen) atoms. The number of phenols is 1. The van der Waals surface area contributed by atoms with Crippen LogP contribution in [0.15, 0.2) is 18.2 Å². The van der Waals surface area contributed by atoms with E-state index < -0.39 is 0 Å². The van der Waals surface area contributed by atoms with Gasteiger partial charge in [-0.25, -0.2) is 0 Å². The summed E-state index contributed by atoms with van der Waals surface area (Å²) in [4.78, 5) is 2.49. The van der Waals surface area contributed by atoms with E-state index in [1.54, 1.807) is 7.11 Å². The molecular formula is C15H23NO2. The van der Waals surface area contributed by atoms with E-state index in [-0.39, 0.29) is 5.75 Å². The summed E-state index contributed by atoms with van der Waals surface area (Å²) in [6.07, 6.45) is 6.68. The number of aromatic hydroxyl groups is 1. The van der Waals surface area contributed by atoms with Gasteiger partial charge in [-0.05, 0) is 43.6 Å². The molecule has 0 aliphatic carbocycles. The Kier molecular flexibility index (Phi) is 4.88. The molecule has 0 bridgehead atoms. The average molecular weight is 249 g/mol. The van der Waals surface area contributed by atoms with Crippen LogP contribution in [0.3, 0.4) is 0 Å². The van der Waals surface area contributed by atoms with Gasteiger partial charge in [-0.3, -0.25) is 4.90 Å². The van der Waals surface area contributed by atoms with Crippen molar-refractivity contribution in [3.05, 3.63) is 23.8 Å². The second-order valence-corrected chi connectivity index (χ2v) is 5.05. The SMILES string of the molecule is COc1ccc(CN2CCCCCCC2)cc1O. The lowest BCUT2D eigenvalue weighted by Gasteiger charge is -2.24. The lowest BCUT2D eigenvalue weighted by atomic mass is 10.1. The number of methoxy groups -OCH3 is 1. The van der Waals surface area contributed by atoms with Crippen molar-refractivity contribution in [1.29, 1.82) is 0 Å². The van der Waals surface area contributed by atoms with Crippen LogP contribution in [0, 0.1) is 0 Å². The molecule has 1 aromatic rings. The van der Waals surface area contributed by atoms with Crippen LogP contribution in [0.25, 0.3) is 0 Å². The number of ether oxygens (including phenoxy) is 1. The zero-order valence-electron chi connectivity index (χ0n) is 11.2. The van der Waals surface area contributed by atoms with E-state index in [1.807, 2.05) is 18.2 Å². The minimum Gasteiger partial charge on any atom is -0.504 e. The van der Waals surface area contributed by atoms with Crippen LogP contribution in [0.4, 0.5) is 0 Å². The van der Waals surface area contributed by atoms with E-state index in [0.717, 1.165) is 12.1 Å². The zero-order chi connectivity index (χ0) is 12.8. The topological polar surface area (TPSA) is 32.7 Å². The van der Waals surface area contributed by atoms with Crippen molar-refractivity contribution in [2.45, 2.75) is 38.6 Å². The van der Waals surface area contributed by atoms with Gasteiger partial charge in [0.15, 0.2) is 11.5 Å². The van der Waals surface area contributed by atoms with Gasteiger partial charge in [0.2, 0.25) is 0 Å². The molecule has 1 aromatic carbocycles. The van der Waals surface area contributed by atoms with Crippen molar-refractivity contribution in [2.24, 2.45) is 0 Å². The molecule has 2 rings (SSSR count). The van der Waals surface area contributed by atoms with Crippen LogP contribution in [0.1, 0.15) is 37.7 Å². The Balaban J connectivity index is 1.96. The Morgan fingerprint density at radius 3 is 2.39 bits per heavy atom. The van der Waals surface area contributed by atoms with Gasteiger partial charge < -0.3 is 9.84 Å². The van der Waals surface area contributed by atoms with Crippen LogP contribution in [0.5, 0.6) is 11.5 Å². The van der Waals surface area contributed by atoms with Gasteiger partial charge in [-0.1, -0.05) is 25.3 Å². The van der Waals surface area contributed by atoms with Crippen LogP contribution in [0.2, 0.25) is 0 Å². The highest BCUT2D eigenvalue weighted by Gasteiger charge is 2.10. The molecule has 1 saturated heterocycles. The first-order valence-electron chi connectivity index (χ1n) is 6.88. The van der Waals surface area contributed by atoms with Crippen molar-refractivity contribution in [1.82, 2.24) is 4.90 Å². The molecule has 0 amide bonds. The number of hydrogen-bond acceptors (Lipinski definition) is 3. The lowest BCUT2D eigenvalue weighted by Crippen LogP contribution is -2.26. The summed E-state index contributed by atoms with van der Waals surface area (Å²) < 4.78 is 5.06. The summed E-state index contributed by atoms with van der Waals surface area (Å²) in [5.41, 5.74) is 1.16. The lowest BCUT2D eigenvalue weighted by molar-refractivity contribution is 0.239. The molecule has 1 N–H and O–H groups in total. The fourth-order valence-corrected chi connectivity index (χ4v) is 2.56. The highest BCUT2D eigenvalue weighted by Crippen LogP contribution is 2.27. The Bertz CT molecular complexity index is 371. The van der Waals surface area contributed by atoms with E-state index in [1.165, 1.54) is 45.2 Å². The largest absolute Gasteiger partial charge is 0.504 e. The van der Waals surface area contributed by atoms with Crippen molar-refractivity contribution in [2.75, 3.05) is 20.2 Å². The number of nitrogens with zero attached hydrogens (tertiary/aromatic N) is 1. The summed E-state index contributed by atoms with van der Waals surface area (Å²) in [7, 11) is 1.58. The fourth-order valence-electron chi connectivity index (χ4n) is 2.56. The Morgan fingerprint density at radius 2 is 1.78 bits per heavy atom. The third-order valence-electron chi connectivity index (χ3n) is 3.60. The third-order valence-corrected chi connectivity index (χ3v) is 3.60. The Morgan fingerprint density at radius 1 is 1.11 bits per heavy atom. The number of likely N-dealkylation sites (tertiary alicyclic amines) is 1. The first-order chi connectivity index (χ1) is 8.79. The molecule has 0 aromatic heterocycles. The summed E-state index contributed by atoms with van der Waals surface area (Å²) in [5.74, 6) is 0.786. The molecule has 1 heterocycles. The Labute approximate surface area is 109 Å². The summed E-state index contributed by atoms with van der Waals surface area (Å²) in [6, 6.07) is 5.70. The summed E-state index contributed by atoms with van der Waals surface area (Å²) in [5, 5.41) is 9.78.